The zero-order valence-corrected chi connectivity index (χ0v) is 20.6. The number of hydrogen-bond acceptors (Lipinski definition) is 4. The Morgan fingerprint density at radius 3 is 2.50 bits per heavy atom. The Kier molecular flexibility index (Phi) is 8.27. The molecule has 0 N–H and O–H groups in total. The fourth-order valence-corrected chi connectivity index (χ4v) is 4.20. The van der Waals surface area contributed by atoms with Crippen LogP contribution in [0.25, 0.3) is 6.08 Å². The first-order chi connectivity index (χ1) is 15.3. The average Bonchev–Trinajstić information content (AvgIpc) is 2.91. The first-order valence-electron chi connectivity index (χ1n) is 11.4. The summed E-state index contributed by atoms with van der Waals surface area (Å²) in [5, 5.41) is 0.658. The molecule has 1 aromatic rings. The van der Waals surface area contributed by atoms with Gasteiger partial charge in [-0.1, -0.05) is 36.7 Å². The van der Waals surface area contributed by atoms with E-state index in [4.69, 9.17) is 16.6 Å². The van der Waals surface area contributed by atoms with E-state index in [1.807, 2.05) is 51.2 Å². The number of allylic oxidation sites excluding steroid dienone is 6. The smallest absolute Gasteiger partial charge is 0.165 e. The number of carbonyl (C=O) groups is 1. The lowest BCUT2D eigenvalue weighted by Gasteiger charge is -2.34. The van der Waals surface area contributed by atoms with Gasteiger partial charge in [0.1, 0.15) is 0 Å². The van der Waals surface area contributed by atoms with Crippen molar-refractivity contribution in [2.45, 2.75) is 40.0 Å². The molecule has 1 saturated heterocycles. The average molecular weight is 452 g/mol. The molecule has 0 radical (unpaired) electrons. The molecule has 1 unspecified atom stereocenters. The molecule has 170 valence electrons. The molecule has 32 heavy (non-hydrogen) atoms. The van der Waals surface area contributed by atoms with E-state index in [2.05, 4.69) is 42.0 Å². The van der Waals surface area contributed by atoms with Crippen molar-refractivity contribution in [1.82, 2.24) is 4.90 Å². The van der Waals surface area contributed by atoms with Gasteiger partial charge in [0.25, 0.3) is 0 Å². The lowest BCUT2D eigenvalue weighted by Crippen LogP contribution is -2.44. The van der Waals surface area contributed by atoms with Crippen molar-refractivity contribution in [2.75, 3.05) is 38.1 Å². The highest BCUT2D eigenvalue weighted by atomic mass is 35.5. The van der Waals surface area contributed by atoms with Crippen molar-refractivity contribution in [3.8, 4) is 0 Å². The molecule has 0 spiro atoms. The zero-order valence-electron chi connectivity index (χ0n) is 19.9. The lowest BCUT2D eigenvalue weighted by atomic mass is 9.93. The SMILES string of the molecule is C\C=C(/N=C(C)/C=C\C(Cl)=C/C)C1=Cc2ccc(N3CCN(C)CC3)cc2C(C)CC1=O. The van der Waals surface area contributed by atoms with E-state index in [1.54, 1.807) is 0 Å². The Balaban J connectivity index is 1.93. The zero-order chi connectivity index (χ0) is 23.3. The van der Waals surface area contributed by atoms with Crippen molar-refractivity contribution >= 4 is 34.9 Å². The van der Waals surface area contributed by atoms with Gasteiger partial charge < -0.3 is 9.80 Å². The fourth-order valence-electron chi connectivity index (χ4n) is 4.14. The van der Waals surface area contributed by atoms with Gasteiger partial charge in [0, 0.05) is 54.6 Å². The maximum absolute atomic E-state index is 13.2. The molecule has 2 aliphatic rings. The molecule has 0 amide bonds. The Bertz CT molecular complexity index is 1010. The molecule has 1 heterocycles. The first kappa shape index (κ1) is 24.2. The van der Waals surface area contributed by atoms with Crippen molar-refractivity contribution < 1.29 is 4.79 Å². The maximum atomic E-state index is 13.2. The van der Waals surface area contributed by atoms with Gasteiger partial charge in [-0.15, -0.1) is 0 Å². The third-order valence-corrected chi connectivity index (χ3v) is 6.51. The van der Waals surface area contributed by atoms with Crippen molar-refractivity contribution in [3.05, 3.63) is 69.9 Å². The Morgan fingerprint density at radius 1 is 1.12 bits per heavy atom. The number of hydrogen-bond donors (Lipinski definition) is 0. The summed E-state index contributed by atoms with van der Waals surface area (Å²) in [7, 11) is 2.17. The Morgan fingerprint density at radius 2 is 1.84 bits per heavy atom. The van der Waals surface area contributed by atoms with Gasteiger partial charge in [0.05, 0.1) is 5.70 Å². The molecule has 0 bridgehead atoms. The van der Waals surface area contributed by atoms with E-state index in [1.165, 1.54) is 11.3 Å². The molecule has 1 aromatic carbocycles. The number of piperazine rings is 1. The molecule has 1 aliphatic heterocycles. The van der Waals surface area contributed by atoms with Crippen LogP contribution >= 0.6 is 11.6 Å². The van der Waals surface area contributed by atoms with E-state index in [9.17, 15) is 4.79 Å². The number of ketones is 1. The standard InChI is InChI=1S/C27H34ClN3O/c1-6-22(28)10-8-20(4)29-26(7-2)25-17-21-9-11-23(31-14-12-30(5)13-15-31)18-24(21)19(3)16-27(25)32/h6-11,17-19H,12-16H2,1-5H3/b10-8-,22-6+,26-7-,29-20+. The van der Waals surface area contributed by atoms with Crippen molar-refractivity contribution in [1.29, 1.82) is 0 Å². The molecule has 1 fully saturated rings. The number of rotatable bonds is 5. The van der Waals surface area contributed by atoms with Crippen LogP contribution in [0.1, 0.15) is 51.2 Å². The Hall–Kier alpha value is -2.43. The van der Waals surface area contributed by atoms with E-state index in [0.29, 0.717) is 22.7 Å². The van der Waals surface area contributed by atoms with Gasteiger partial charge in [0.2, 0.25) is 0 Å². The topological polar surface area (TPSA) is 35.9 Å². The molecular formula is C27H34ClN3O. The predicted molar refractivity (Wildman–Crippen MR) is 138 cm³/mol. The van der Waals surface area contributed by atoms with Crippen molar-refractivity contribution in [3.63, 3.8) is 0 Å². The second kappa shape index (κ2) is 10.9. The third-order valence-electron chi connectivity index (χ3n) is 6.17. The van der Waals surface area contributed by atoms with Crippen LogP contribution in [0.5, 0.6) is 0 Å². The Labute approximate surface area is 197 Å². The number of aliphatic imine (C=N–C) groups is 1. The third kappa shape index (κ3) is 5.87. The maximum Gasteiger partial charge on any atom is 0.165 e. The number of Topliss-reactive ketones (excluding diaryl/α,β-unsaturated/α-hetero) is 1. The number of carbonyl (C=O) groups excluding carboxylic acids is 1. The first-order valence-corrected chi connectivity index (χ1v) is 11.7. The molecule has 0 saturated carbocycles. The summed E-state index contributed by atoms with van der Waals surface area (Å²) in [6.45, 7) is 12.1. The second-order valence-corrected chi connectivity index (χ2v) is 9.06. The molecule has 1 atom stereocenters. The highest BCUT2D eigenvalue weighted by molar-refractivity contribution is 6.31. The van der Waals surface area contributed by atoms with Gasteiger partial charge in [0.15, 0.2) is 5.78 Å². The monoisotopic (exact) mass is 451 g/mol. The second-order valence-electron chi connectivity index (χ2n) is 8.62. The summed E-state index contributed by atoms with van der Waals surface area (Å²) >= 11 is 6.05. The molecule has 3 rings (SSSR count). The largest absolute Gasteiger partial charge is 0.369 e. The summed E-state index contributed by atoms with van der Waals surface area (Å²) in [4.78, 5) is 22.7. The van der Waals surface area contributed by atoms with Gasteiger partial charge in [-0.3, -0.25) is 9.79 Å². The quantitative estimate of drug-likeness (QED) is 0.409. The number of fused-ring (bicyclic) bond motifs is 1. The summed E-state index contributed by atoms with van der Waals surface area (Å²) in [6.07, 6.45) is 9.92. The van der Waals surface area contributed by atoms with Gasteiger partial charge in [-0.25, -0.2) is 0 Å². The van der Waals surface area contributed by atoms with Crippen LogP contribution in [0.4, 0.5) is 5.69 Å². The minimum absolute atomic E-state index is 0.134. The van der Waals surface area contributed by atoms with Crippen molar-refractivity contribution in [2.24, 2.45) is 4.99 Å². The van der Waals surface area contributed by atoms with Crippen LogP contribution in [-0.4, -0.2) is 49.6 Å². The molecule has 5 heteroatoms. The molecule has 0 aromatic heterocycles. The minimum atomic E-state index is 0.134. The molecule has 4 nitrogen and oxygen atoms in total. The van der Waals surface area contributed by atoms with Crippen LogP contribution < -0.4 is 4.90 Å². The highest BCUT2D eigenvalue weighted by Gasteiger charge is 2.25. The number of nitrogens with zero attached hydrogens (tertiary/aromatic N) is 3. The van der Waals surface area contributed by atoms with E-state index >= 15 is 0 Å². The van der Waals surface area contributed by atoms with Crippen LogP contribution in [0, 0.1) is 0 Å². The highest BCUT2D eigenvalue weighted by Crippen LogP contribution is 2.35. The minimum Gasteiger partial charge on any atom is -0.369 e. The van der Waals surface area contributed by atoms with E-state index < -0.39 is 0 Å². The van der Waals surface area contributed by atoms with Gasteiger partial charge in [-0.2, -0.15) is 0 Å². The summed E-state index contributed by atoms with van der Waals surface area (Å²) < 4.78 is 0. The normalized spacial score (nSPS) is 21.6. The fraction of sp³-hybridized carbons (Fsp3) is 0.407. The summed E-state index contributed by atoms with van der Waals surface area (Å²) in [6, 6.07) is 6.63. The van der Waals surface area contributed by atoms with Gasteiger partial charge >= 0.3 is 0 Å². The van der Waals surface area contributed by atoms with Crippen LogP contribution in [0.15, 0.2) is 63.8 Å². The van der Waals surface area contributed by atoms with Crippen LogP contribution in [0.2, 0.25) is 0 Å². The van der Waals surface area contributed by atoms with Crippen LogP contribution in [0.3, 0.4) is 0 Å². The summed E-state index contributed by atoms with van der Waals surface area (Å²) in [5.41, 5.74) is 5.78. The predicted octanol–water partition coefficient (Wildman–Crippen LogP) is 5.96. The van der Waals surface area contributed by atoms with E-state index in [0.717, 1.165) is 37.5 Å². The van der Waals surface area contributed by atoms with Crippen LogP contribution in [-0.2, 0) is 4.79 Å². The molecular weight excluding hydrogens is 418 g/mol. The van der Waals surface area contributed by atoms with E-state index in [-0.39, 0.29) is 11.7 Å². The lowest BCUT2D eigenvalue weighted by molar-refractivity contribution is -0.115. The molecule has 1 aliphatic carbocycles. The number of anilines is 1. The van der Waals surface area contributed by atoms with Gasteiger partial charge in [-0.05, 0) is 75.2 Å². The summed E-state index contributed by atoms with van der Waals surface area (Å²) in [5.74, 6) is 0.296. The number of halogens is 1. The number of benzene rings is 1. The number of likely N-dealkylation sites (N-methyl/N-ethyl adjacent to an activating group) is 1.